The smallest absolute Gasteiger partial charge is 0.267 e. The van der Waals surface area contributed by atoms with Gasteiger partial charge in [0.2, 0.25) is 0 Å². The van der Waals surface area contributed by atoms with Crippen LogP contribution in [-0.4, -0.2) is 10.9 Å². The van der Waals surface area contributed by atoms with Crippen LogP contribution in [0.1, 0.15) is 10.5 Å². The molecule has 2 rings (SSSR count). The molecule has 0 saturated carbocycles. The van der Waals surface area contributed by atoms with E-state index in [0.29, 0.717) is 11.5 Å². The molecule has 0 radical (unpaired) electrons. The van der Waals surface area contributed by atoms with Gasteiger partial charge in [-0.05, 0) is 30.3 Å². The highest BCUT2D eigenvalue weighted by Crippen LogP contribution is 2.17. The quantitative estimate of drug-likeness (QED) is 0.694. The highest BCUT2D eigenvalue weighted by atomic mass is 16.1. The summed E-state index contributed by atoms with van der Waals surface area (Å²) in [5.74, 6) is -0.00637. The second kappa shape index (κ2) is 4.52. The molecule has 2 aromatic rings. The fourth-order valence-corrected chi connectivity index (χ4v) is 1.41. The molecule has 0 saturated heterocycles. The van der Waals surface area contributed by atoms with Crippen molar-refractivity contribution in [1.29, 1.82) is 0 Å². The molecule has 1 aromatic heterocycles. The molecule has 0 aliphatic heterocycles. The van der Waals surface area contributed by atoms with Crippen LogP contribution in [0.3, 0.4) is 0 Å². The summed E-state index contributed by atoms with van der Waals surface area (Å²) in [5.41, 5.74) is 12.5. The third-order valence-corrected chi connectivity index (χ3v) is 2.16. The van der Waals surface area contributed by atoms with Gasteiger partial charge in [0.15, 0.2) is 0 Å². The molecule has 0 bridgehead atoms. The Hall–Kier alpha value is -2.56. The topological polar surface area (TPSA) is 94.0 Å². The zero-order valence-electron chi connectivity index (χ0n) is 9.05. The van der Waals surface area contributed by atoms with Gasteiger partial charge in [0, 0.05) is 11.4 Å². The number of hydrogen-bond acceptors (Lipinski definition) is 4. The molecule has 5 heteroatoms. The summed E-state index contributed by atoms with van der Waals surface area (Å²) in [6, 6.07) is 12.3. The lowest BCUT2D eigenvalue weighted by molar-refractivity contribution is 0.0995. The van der Waals surface area contributed by atoms with Crippen LogP contribution in [0.5, 0.6) is 0 Å². The van der Waals surface area contributed by atoms with Crippen LogP contribution >= 0.6 is 0 Å². The monoisotopic (exact) mass is 228 g/mol. The Kier molecular flexibility index (Phi) is 2.91. The highest BCUT2D eigenvalue weighted by molar-refractivity contribution is 5.91. The molecule has 86 valence electrons. The number of carbonyl (C=O) groups excluding carboxylic acids is 1. The number of nitrogens with two attached hydrogens (primary N) is 2. The molecule has 1 aromatic carbocycles. The number of pyridine rings is 1. The number of amides is 1. The molecule has 0 unspecified atom stereocenters. The van der Waals surface area contributed by atoms with Gasteiger partial charge in [-0.3, -0.25) is 4.79 Å². The maximum absolute atomic E-state index is 11.0. The number of hydrogen-bond donors (Lipinski definition) is 3. The molecule has 0 atom stereocenters. The number of primary amides is 1. The predicted octanol–water partition coefficient (Wildman–Crippen LogP) is 1.51. The van der Waals surface area contributed by atoms with E-state index in [4.69, 9.17) is 11.5 Å². The predicted molar refractivity (Wildman–Crippen MR) is 66.9 cm³/mol. The number of benzene rings is 1. The van der Waals surface area contributed by atoms with Crippen molar-refractivity contribution >= 4 is 23.1 Å². The van der Waals surface area contributed by atoms with Crippen molar-refractivity contribution in [1.82, 2.24) is 4.98 Å². The molecule has 5 N–H and O–H groups in total. The summed E-state index contributed by atoms with van der Waals surface area (Å²) in [6.07, 6.45) is 0. The van der Waals surface area contributed by atoms with E-state index in [0.717, 1.165) is 5.69 Å². The summed E-state index contributed by atoms with van der Waals surface area (Å²) in [6.45, 7) is 0. The standard InChI is InChI=1S/C12H12N4O/c13-8-3-1-4-9(7-8)15-11-6-2-5-10(16-11)12(14)17/h1-7H,13H2,(H2,14,17)(H,15,16). The molecule has 0 fully saturated rings. The Balaban J connectivity index is 2.24. The number of anilines is 3. The Morgan fingerprint density at radius 2 is 1.94 bits per heavy atom. The number of nitrogen functional groups attached to an aromatic ring is 1. The van der Waals surface area contributed by atoms with Crippen LogP contribution < -0.4 is 16.8 Å². The summed E-state index contributed by atoms with van der Waals surface area (Å²) < 4.78 is 0. The van der Waals surface area contributed by atoms with Crippen LogP contribution in [0.25, 0.3) is 0 Å². The Morgan fingerprint density at radius 1 is 1.18 bits per heavy atom. The van der Waals surface area contributed by atoms with E-state index in [1.165, 1.54) is 0 Å². The van der Waals surface area contributed by atoms with Gasteiger partial charge in [-0.1, -0.05) is 12.1 Å². The van der Waals surface area contributed by atoms with Crippen molar-refractivity contribution in [3.05, 3.63) is 48.2 Å². The van der Waals surface area contributed by atoms with Gasteiger partial charge < -0.3 is 16.8 Å². The largest absolute Gasteiger partial charge is 0.399 e. The lowest BCUT2D eigenvalue weighted by atomic mass is 10.3. The lowest BCUT2D eigenvalue weighted by Crippen LogP contribution is -2.13. The SMILES string of the molecule is NC(=O)c1cccc(Nc2cccc(N)c2)n1. The van der Waals surface area contributed by atoms with E-state index in [1.54, 1.807) is 30.3 Å². The van der Waals surface area contributed by atoms with Crippen molar-refractivity contribution < 1.29 is 4.79 Å². The number of nitrogens with one attached hydrogen (secondary N) is 1. The van der Waals surface area contributed by atoms with Crippen molar-refractivity contribution in [2.75, 3.05) is 11.1 Å². The van der Waals surface area contributed by atoms with E-state index in [1.807, 2.05) is 12.1 Å². The molecule has 0 aliphatic carbocycles. The van der Waals surface area contributed by atoms with Gasteiger partial charge in [0.25, 0.3) is 5.91 Å². The second-order valence-electron chi connectivity index (χ2n) is 3.52. The molecule has 1 amide bonds. The van der Waals surface area contributed by atoms with E-state index < -0.39 is 5.91 Å². The van der Waals surface area contributed by atoms with Crippen molar-refractivity contribution in [2.24, 2.45) is 5.73 Å². The molecule has 5 nitrogen and oxygen atoms in total. The first-order valence-electron chi connectivity index (χ1n) is 5.04. The van der Waals surface area contributed by atoms with Gasteiger partial charge >= 0.3 is 0 Å². The third kappa shape index (κ3) is 2.72. The number of nitrogens with zero attached hydrogens (tertiary/aromatic N) is 1. The van der Waals surface area contributed by atoms with Gasteiger partial charge in [-0.2, -0.15) is 0 Å². The lowest BCUT2D eigenvalue weighted by Gasteiger charge is -2.06. The van der Waals surface area contributed by atoms with E-state index in [9.17, 15) is 4.79 Å². The molecular formula is C12H12N4O. The van der Waals surface area contributed by atoms with Crippen molar-refractivity contribution in [2.45, 2.75) is 0 Å². The molecule has 1 heterocycles. The minimum absolute atomic E-state index is 0.221. The fourth-order valence-electron chi connectivity index (χ4n) is 1.41. The summed E-state index contributed by atoms with van der Waals surface area (Å²) >= 11 is 0. The van der Waals surface area contributed by atoms with E-state index in [-0.39, 0.29) is 5.69 Å². The molecule has 0 spiro atoms. The van der Waals surface area contributed by atoms with Gasteiger partial charge in [-0.25, -0.2) is 4.98 Å². The van der Waals surface area contributed by atoms with Gasteiger partial charge in [0.05, 0.1) is 0 Å². The first-order chi connectivity index (χ1) is 8.15. The Morgan fingerprint density at radius 3 is 2.65 bits per heavy atom. The molecule has 17 heavy (non-hydrogen) atoms. The molecular weight excluding hydrogens is 216 g/mol. The average molecular weight is 228 g/mol. The molecule has 0 aliphatic rings. The van der Waals surface area contributed by atoms with Crippen molar-refractivity contribution in [3.63, 3.8) is 0 Å². The normalized spacial score (nSPS) is 9.88. The van der Waals surface area contributed by atoms with Crippen LogP contribution in [0.15, 0.2) is 42.5 Å². The summed E-state index contributed by atoms with van der Waals surface area (Å²) in [4.78, 5) is 15.0. The first kappa shape index (κ1) is 10.9. The van der Waals surface area contributed by atoms with E-state index in [2.05, 4.69) is 10.3 Å². The average Bonchev–Trinajstić information content (AvgIpc) is 2.29. The van der Waals surface area contributed by atoms with Gasteiger partial charge in [0.1, 0.15) is 11.5 Å². The third-order valence-electron chi connectivity index (χ3n) is 2.16. The highest BCUT2D eigenvalue weighted by Gasteiger charge is 2.03. The Bertz CT molecular complexity index is 554. The van der Waals surface area contributed by atoms with Gasteiger partial charge in [-0.15, -0.1) is 0 Å². The van der Waals surface area contributed by atoms with Crippen LogP contribution in [0.4, 0.5) is 17.2 Å². The zero-order valence-corrected chi connectivity index (χ0v) is 9.05. The fraction of sp³-hybridized carbons (Fsp3) is 0. The Labute approximate surface area is 98.5 Å². The number of aromatic nitrogens is 1. The zero-order chi connectivity index (χ0) is 12.3. The summed E-state index contributed by atoms with van der Waals surface area (Å²) in [5, 5.41) is 3.04. The minimum atomic E-state index is -0.554. The number of carbonyl (C=O) groups is 1. The van der Waals surface area contributed by atoms with E-state index >= 15 is 0 Å². The second-order valence-corrected chi connectivity index (χ2v) is 3.52. The maximum atomic E-state index is 11.0. The van der Waals surface area contributed by atoms with Crippen LogP contribution in [0, 0.1) is 0 Å². The first-order valence-corrected chi connectivity index (χ1v) is 5.04. The van der Waals surface area contributed by atoms with Crippen molar-refractivity contribution in [3.8, 4) is 0 Å². The minimum Gasteiger partial charge on any atom is -0.399 e. The van der Waals surface area contributed by atoms with Crippen LogP contribution in [0.2, 0.25) is 0 Å². The number of rotatable bonds is 3. The van der Waals surface area contributed by atoms with Crippen LogP contribution in [-0.2, 0) is 0 Å². The maximum Gasteiger partial charge on any atom is 0.267 e. The summed E-state index contributed by atoms with van der Waals surface area (Å²) in [7, 11) is 0.